The van der Waals surface area contributed by atoms with Crippen molar-refractivity contribution in [1.29, 1.82) is 0 Å². The van der Waals surface area contributed by atoms with E-state index in [0.29, 0.717) is 25.8 Å². The molecule has 0 fully saturated rings. The molecule has 2 N–H and O–H groups in total. The fourth-order valence-electron chi connectivity index (χ4n) is 3.81. The van der Waals surface area contributed by atoms with Crippen molar-refractivity contribution in [1.82, 2.24) is 10.2 Å². The fraction of sp³-hybridized carbons (Fsp3) is 0.417. The second-order valence-electron chi connectivity index (χ2n) is 7.59. The summed E-state index contributed by atoms with van der Waals surface area (Å²) < 4.78 is 0. The molecular weight excluding hydrogens is 362 g/mol. The van der Waals surface area contributed by atoms with Crippen LogP contribution in [0.1, 0.15) is 43.4 Å². The van der Waals surface area contributed by atoms with Gasteiger partial charge in [-0.15, -0.1) is 0 Å². The second-order valence-corrected chi connectivity index (χ2v) is 7.59. The number of nitrogens with zero attached hydrogens (tertiary/aromatic N) is 1. The summed E-state index contributed by atoms with van der Waals surface area (Å²) in [4.78, 5) is 27.1. The van der Waals surface area contributed by atoms with E-state index in [1.165, 1.54) is 5.56 Å². The Bertz CT molecular complexity index is 846. The number of amides is 2. The number of hydrogen-bond donors (Lipinski definition) is 2. The Morgan fingerprint density at radius 2 is 1.76 bits per heavy atom. The molecule has 0 saturated heterocycles. The van der Waals surface area contributed by atoms with Gasteiger partial charge in [0.15, 0.2) is 0 Å². The van der Waals surface area contributed by atoms with Crippen molar-refractivity contribution in [3.8, 4) is 0 Å². The molecular formula is C24H31N3O2. The molecule has 0 radical (unpaired) electrons. The van der Waals surface area contributed by atoms with Gasteiger partial charge in [-0.1, -0.05) is 56.3 Å². The Labute approximate surface area is 173 Å². The van der Waals surface area contributed by atoms with Crippen LogP contribution in [-0.4, -0.2) is 29.8 Å². The molecule has 1 unspecified atom stereocenters. The van der Waals surface area contributed by atoms with Gasteiger partial charge in [0.1, 0.15) is 0 Å². The number of carbonyl (C=O) groups is 2. The zero-order valence-electron chi connectivity index (χ0n) is 17.4. The van der Waals surface area contributed by atoms with E-state index in [-0.39, 0.29) is 17.7 Å². The number of para-hydroxylation sites is 1. The molecule has 2 amide bonds. The van der Waals surface area contributed by atoms with Crippen LogP contribution < -0.4 is 10.6 Å². The second kappa shape index (κ2) is 10.2. The molecule has 0 bridgehead atoms. The molecule has 1 aliphatic heterocycles. The van der Waals surface area contributed by atoms with Gasteiger partial charge in [-0.3, -0.25) is 14.5 Å². The van der Waals surface area contributed by atoms with Crippen LogP contribution >= 0.6 is 0 Å². The molecule has 3 rings (SSSR count). The molecule has 1 atom stereocenters. The minimum atomic E-state index is -0.148. The highest BCUT2D eigenvalue weighted by molar-refractivity contribution is 5.96. The number of fused-ring (bicyclic) bond motifs is 1. The molecule has 5 heteroatoms. The topological polar surface area (TPSA) is 61.4 Å². The first-order chi connectivity index (χ1) is 14.1. The lowest BCUT2D eigenvalue weighted by molar-refractivity contribution is -0.122. The Morgan fingerprint density at radius 3 is 2.52 bits per heavy atom. The predicted octanol–water partition coefficient (Wildman–Crippen LogP) is 3.74. The van der Waals surface area contributed by atoms with E-state index >= 15 is 0 Å². The third-order valence-electron chi connectivity index (χ3n) is 5.71. The van der Waals surface area contributed by atoms with Crippen molar-refractivity contribution in [2.45, 2.75) is 46.2 Å². The number of rotatable bonds is 9. The standard InChI is InChI=1S/C24H31N3O2/c1-3-27(4-2)17-21-11-6-5-10-20(21)16-25-23(28)14-13-19-15-18-9-7-8-12-22(18)26-24(19)29/h5-12,19H,3-4,13-17H2,1-2H3,(H,25,28)(H,26,29). The van der Waals surface area contributed by atoms with E-state index in [1.807, 2.05) is 36.4 Å². The van der Waals surface area contributed by atoms with Gasteiger partial charge in [0.05, 0.1) is 0 Å². The maximum absolute atomic E-state index is 12.4. The third kappa shape index (κ3) is 5.67. The lowest BCUT2D eigenvalue weighted by Crippen LogP contribution is -2.31. The highest BCUT2D eigenvalue weighted by Crippen LogP contribution is 2.27. The normalized spacial score (nSPS) is 15.7. The average Bonchev–Trinajstić information content (AvgIpc) is 2.75. The Balaban J connectivity index is 1.50. The van der Waals surface area contributed by atoms with Gasteiger partial charge in [0, 0.05) is 31.1 Å². The summed E-state index contributed by atoms with van der Waals surface area (Å²) in [5, 5.41) is 5.99. The summed E-state index contributed by atoms with van der Waals surface area (Å²) >= 11 is 0. The summed E-state index contributed by atoms with van der Waals surface area (Å²) in [6, 6.07) is 16.1. The van der Waals surface area contributed by atoms with Crippen molar-refractivity contribution < 1.29 is 9.59 Å². The monoisotopic (exact) mass is 393 g/mol. The van der Waals surface area contributed by atoms with Crippen molar-refractivity contribution >= 4 is 17.5 Å². The van der Waals surface area contributed by atoms with Crippen molar-refractivity contribution in [2.24, 2.45) is 5.92 Å². The molecule has 2 aromatic rings. The van der Waals surface area contributed by atoms with E-state index in [2.05, 4.69) is 41.5 Å². The van der Waals surface area contributed by atoms with Gasteiger partial charge in [-0.25, -0.2) is 0 Å². The van der Waals surface area contributed by atoms with Crippen LogP contribution in [0.2, 0.25) is 0 Å². The minimum absolute atomic E-state index is 0.00528. The first-order valence-corrected chi connectivity index (χ1v) is 10.5. The van der Waals surface area contributed by atoms with Crippen molar-refractivity contribution in [2.75, 3.05) is 18.4 Å². The number of carbonyl (C=O) groups excluding carboxylic acids is 2. The van der Waals surface area contributed by atoms with Crippen molar-refractivity contribution in [3.05, 3.63) is 65.2 Å². The third-order valence-corrected chi connectivity index (χ3v) is 5.71. The maximum Gasteiger partial charge on any atom is 0.227 e. The van der Waals surface area contributed by atoms with Gasteiger partial charge < -0.3 is 10.6 Å². The van der Waals surface area contributed by atoms with Crippen LogP contribution in [0.25, 0.3) is 0 Å². The smallest absolute Gasteiger partial charge is 0.227 e. The quantitative estimate of drug-likeness (QED) is 0.682. The van der Waals surface area contributed by atoms with Crippen LogP contribution in [0.15, 0.2) is 48.5 Å². The Hall–Kier alpha value is -2.66. The van der Waals surface area contributed by atoms with Gasteiger partial charge in [0.2, 0.25) is 11.8 Å². The lowest BCUT2D eigenvalue weighted by atomic mass is 9.89. The lowest BCUT2D eigenvalue weighted by Gasteiger charge is -2.24. The summed E-state index contributed by atoms with van der Waals surface area (Å²) in [6.07, 6.45) is 1.62. The molecule has 0 aromatic heterocycles. The van der Waals surface area contributed by atoms with Crippen LogP contribution in [0.4, 0.5) is 5.69 Å². The van der Waals surface area contributed by atoms with Crippen molar-refractivity contribution in [3.63, 3.8) is 0 Å². The SMILES string of the molecule is CCN(CC)Cc1ccccc1CNC(=O)CCC1Cc2ccccc2NC1=O. The Kier molecular flexibility index (Phi) is 7.42. The van der Waals surface area contributed by atoms with Crippen LogP contribution in [0.3, 0.4) is 0 Å². The largest absolute Gasteiger partial charge is 0.352 e. The molecule has 0 saturated carbocycles. The summed E-state index contributed by atoms with van der Waals surface area (Å²) in [7, 11) is 0. The zero-order valence-corrected chi connectivity index (χ0v) is 17.4. The molecule has 1 aliphatic rings. The summed E-state index contributed by atoms with van der Waals surface area (Å²) in [5.41, 5.74) is 4.43. The van der Waals surface area contributed by atoms with Gasteiger partial charge >= 0.3 is 0 Å². The van der Waals surface area contributed by atoms with E-state index in [9.17, 15) is 9.59 Å². The summed E-state index contributed by atoms with van der Waals surface area (Å²) in [5.74, 6) is -0.138. The highest BCUT2D eigenvalue weighted by Gasteiger charge is 2.26. The van der Waals surface area contributed by atoms with Gasteiger partial charge in [-0.05, 0) is 48.7 Å². The van der Waals surface area contributed by atoms with E-state index in [4.69, 9.17) is 0 Å². The number of nitrogens with one attached hydrogen (secondary N) is 2. The molecule has 2 aromatic carbocycles. The van der Waals surface area contributed by atoms with Gasteiger partial charge in [0.25, 0.3) is 0 Å². The predicted molar refractivity (Wildman–Crippen MR) is 116 cm³/mol. The van der Waals surface area contributed by atoms with E-state index < -0.39 is 0 Å². The molecule has 29 heavy (non-hydrogen) atoms. The highest BCUT2D eigenvalue weighted by atomic mass is 16.2. The summed E-state index contributed by atoms with van der Waals surface area (Å²) in [6.45, 7) is 7.74. The van der Waals surface area contributed by atoms with Crippen LogP contribution in [-0.2, 0) is 29.1 Å². The number of hydrogen-bond acceptors (Lipinski definition) is 3. The van der Waals surface area contributed by atoms with Crippen LogP contribution in [0, 0.1) is 5.92 Å². The maximum atomic E-state index is 12.4. The Morgan fingerprint density at radius 1 is 1.07 bits per heavy atom. The number of anilines is 1. The molecule has 1 heterocycles. The molecule has 0 aliphatic carbocycles. The molecule has 5 nitrogen and oxygen atoms in total. The number of benzene rings is 2. The zero-order chi connectivity index (χ0) is 20.6. The minimum Gasteiger partial charge on any atom is -0.352 e. The first kappa shape index (κ1) is 21.1. The van der Waals surface area contributed by atoms with E-state index in [1.54, 1.807) is 0 Å². The van der Waals surface area contributed by atoms with Crippen LogP contribution in [0.5, 0.6) is 0 Å². The molecule has 0 spiro atoms. The average molecular weight is 394 g/mol. The first-order valence-electron chi connectivity index (χ1n) is 10.5. The molecule has 154 valence electrons. The fourth-order valence-corrected chi connectivity index (χ4v) is 3.81. The van der Waals surface area contributed by atoms with E-state index in [0.717, 1.165) is 36.4 Å². The van der Waals surface area contributed by atoms with Gasteiger partial charge in [-0.2, -0.15) is 0 Å².